The van der Waals surface area contributed by atoms with Gasteiger partial charge in [0.05, 0.1) is 0 Å². The van der Waals surface area contributed by atoms with Crippen molar-refractivity contribution in [3.8, 4) is 11.8 Å². The van der Waals surface area contributed by atoms with Crippen LogP contribution >= 0.6 is 0 Å². The number of nitrogens with zero attached hydrogens (tertiary/aromatic N) is 2. The van der Waals surface area contributed by atoms with Gasteiger partial charge in [0.25, 0.3) is 0 Å². The number of piperazine rings is 1. The van der Waals surface area contributed by atoms with Gasteiger partial charge in [-0.3, -0.25) is 4.79 Å². The summed E-state index contributed by atoms with van der Waals surface area (Å²) in [5, 5.41) is 6.08. The average molecular weight is 404 g/mol. The molecule has 4 nitrogen and oxygen atoms in total. The minimum atomic E-state index is -0.663. The van der Waals surface area contributed by atoms with Gasteiger partial charge in [0.2, 0.25) is 5.91 Å². The third-order valence-corrected chi connectivity index (χ3v) is 5.74. The van der Waals surface area contributed by atoms with Gasteiger partial charge in [0.15, 0.2) is 0 Å². The van der Waals surface area contributed by atoms with E-state index in [1.807, 2.05) is 30.9 Å². The van der Waals surface area contributed by atoms with E-state index in [2.05, 4.69) is 78.5 Å². The van der Waals surface area contributed by atoms with Crippen LogP contribution in [0.4, 0.5) is 0 Å². The standard InChI is InChI=1S/C26H33N3O/c1-21(23-14-10-12-22-11-6-7-13-24(22)23)27-16-9-5-8-15-26(2,3)25(30)29-19-17-28(4)18-20-29/h5-7,9-14,21,27H,16-20H2,1-4H3/b9-5+. The van der Waals surface area contributed by atoms with Crippen molar-refractivity contribution in [1.29, 1.82) is 0 Å². The van der Waals surface area contributed by atoms with Crippen molar-refractivity contribution in [2.24, 2.45) is 5.41 Å². The molecule has 1 amide bonds. The second-order valence-electron chi connectivity index (χ2n) is 8.59. The maximum Gasteiger partial charge on any atom is 0.240 e. The fourth-order valence-corrected chi connectivity index (χ4v) is 3.78. The molecule has 2 aromatic rings. The van der Waals surface area contributed by atoms with Crippen molar-refractivity contribution in [3.63, 3.8) is 0 Å². The highest BCUT2D eigenvalue weighted by molar-refractivity contribution is 5.86. The number of hydrogen-bond acceptors (Lipinski definition) is 3. The molecule has 1 saturated heterocycles. The second kappa shape index (κ2) is 9.93. The number of benzene rings is 2. The average Bonchev–Trinajstić information content (AvgIpc) is 2.75. The summed E-state index contributed by atoms with van der Waals surface area (Å²) in [5.41, 5.74) is 0.635. The molecular formula is C26H33N3O. The molecule has 1 aliphatic rings. The summed E-state index contributed by atoms with van der Waals surface area (Å²) >= 11 is 0. The molecule has 1 unspecified atom stereocenters. The molecule has 0 spiro atoms. The summed E-state index contributed by atoms with van der Waals surface area (Å²) in [6, 6.07) is 15.1. The summed E-state index contributed by atoms with van der Waals surface area (Å²) in [5.74, 6) is 6.34. The molecule has 158 valence electrons. The summed E-state index contributed by atoms with van der Waals surface area (Å²) in [6.07, 6.45) is 3.87. The summed E-state index contributed by atoms with van der Waals surface area (Å²) in [7, 11) is 2.09. The first-order valence-corrected chi connectivity index (χ1v) is 10.7. The fourth-order valence-electron chi connectivity index (χ4n) is 3.78. The second-order valence-corrected chi connectivity index (χ2v) is 8.59. The number of carbonyl (C=O) groups excluding carboxylic acids is 1. The Morgan fingerprint density at radius 1 is 1.13 bits per heavy atom. The van der Waals surface area contributed by atoms with Crippen molar-refractivity contribution >= 4 is 16.7 Å². The molecule has 1 fully saturated rings. The van der Waals surface area contributed by atoms with Crippen molar-refractivity contribution < 1.29 is 4.79 Å². The minimum Gasteiger partial charge on any atom is -0.339 e. The molecular weight excluding hydrogens is 370 g/mol. The van der Waals surface area contributed by atoms with Crippen molar-refractivity contribution in [2.45, 2.75) is 26.8 Å². The van der Waals surface area contributed by atoms with E-state index in [-0.39, 0.29) is 11.9 Å². The molecule has 1 aliphatic heterocycles. The fraction of sp³-hybridized carbons (Fsp3) is 0.423. The highest BCUT2D eigenvalue weighted by atomic mass is 16.2. The topological polar surface area (TPSA) is 35.6 Å². The lowest BCUT2D eigenvalue weighted by atomic mass is 9.92. The van der Waals surface area contributed by atoms with Crippen LogP contribution in [0.1, 0.15) is 32.4 Å². The molecule has 4 heteroatoms. The first-order chi connectivity index (χ1) is 14.4. The predicted octanol–water partition coefficient (Wildman–Crippen LogP) is 3.85. The highest BCUT2D eigenvalue weighted by Crippen LogP contribution is 2.24. The monoisotopic (exact) mass is 403 g/mol. The van der Waals surface area contributed by atoms with E-state index in [4.69, 9.17) is 0 Å². The van der Waals surface area contributed by atoms with Crippen LogP contribution in [0.15, 0.2) is 54.6 Å². The Balaban J connectivity index is 1.52. The maximum atomic E-state index is 12.8. The summed E-state index contributed by atoms with van der Waals surface area (Å²) in [6.45, 7) is 10.2. The number of nitrogens with one attached hydrogen (secondary N) is 1. The number of hydrogen-bond donors (Lipinski definition) is 1. The Labute approximate surface area is 180 Å². The van der Waals surface area contributed by atoms with Gasteiger partial charge in [0.1, 0.15) is 5.41 Å². The van der Waals surface area contributed by atoms with Crippen LogP contribution < -0.4 is 5.32 Å². The zero-order chi connectivity index (χ0) is 21.6. The normalized spacial score (nSPS) is 16.5. The third-order valence-electron chi connectivity index (χ3n) is 5.74. The number of likely N-dealkylation sites (N-methyl/N-ethyl adjacent to an activating group) is 1. The molecule has 0 bridgehead atoms. The highest BCUT2D eigenvalue weighted by Gasteiger charge is 2.31. The lowest BCUT2D eigenvalue weighted by Crippen LogP contribution is -2.50. The molecule has 3 rings (SSSR count). The van der Waals surface area contributed by atoms with Gasteiger partial charge in [-0.25, -0.2) is 0 Å². The van der Waals surface area contributed by atoms with Gasteiger partial charge in [-0.2, -0.15) is 0 Å². The van der Waals surface area contributed by atoms with Gasteiger partial charge in [0, 0.05) is 38.8 Å². The van der Waals surface area contributed by atoms with Gasteiger partial charge in [-0.05, 0) is 50.2 Å². The molecule has 0 aliphatic carbocycles. The summed E-state index contributed by atoms with van der Waals surface area (Å²) in [4.78, 5) is 17.0. The number of carbonyl (C=O) groups is 1. The lowest BCUT2D eigenvalue weighted by Gasteiger charge is -2.35. The molecule has 0 radical (unpaired) electrons. The number of rotatable bonds is 5. The molecule has 1 heterocycles. The Hall–Kier alpha value is -2.61. The third kappa shape index (κ3) is 5.50. The van der Waals surface area contributed by atoms with Crippen LogP contribution in [0.3, 0.4) is 0 Å². The van der Waals surface area contributed by atoms with E-state index >= 15 is 0 Å². The van der Waals surface area contributed by atoms with Crippen LogP contribution in [-0.2, 0) is 4.79 Å². The maximum absolute atomic E-state index is 12.8. The van der Waals surface area contributed by atoms with Gasteiger partial charge in [-0.15, -0.1) is 0 Å². The van der Waals surface area contributed by atoms with Crippen LogP contribution in [-0.4, -0.2) is 55.5 Å². The smallest absolute Gasteiger partial charge is 0.240 e. The SMILES string of the molecule is CC(NC/C=C/C#CC(C)(C)C(=O)N1CCN(C)CC1)c1cccc2ccccc12. The Morgan fingerprint density at radius 2 is 1.83 bits per heavy atom. The van der Waals surface area contributed by atoms with Crippen LogP contribution in [0, 0.1) is 17.3 Å². The van der Waals surface area contributed by atoms with Crippen molar-refractivity contribution in [2.75, 3.05) is 39.8 Å². The van der Waals surface area contributed by atoms with E-state index < -0.39 is 5.41 Å². The van der Waals surface area contributed by atoms with E-state index in [0.29, 0.717) is 0 Å². The molecule has 2 aromatic carbocycles. The molecule has 1 atom stereocenters. The van der Waals surface area contributed by atoms with Crippen LogP contribution in [0.25, 0.3) is 10.8 Å². The molecule has 1 N–H and O–H groups in total. The predicted molar refractivity (Wildman–Crippen MR) is 125 cm³/mol. The van der Waals surface area contributed by atoms with Gasteiger partial charge < -0.3 is 15.1 Å². The van der Waals surface area contributed by atoms with E-state index in [1.165, 1.54) is 16.3 Å². The van der Waals surface area contributed by atoms with Crippen LogP contribution in [0.2, 0.25) is 0 Å². The van der Waals surface area contributed by atoms with E-state index in [0.717, 1.165) is 32.7 Å². The Morgan fingerprint density at radius 3 is 2.60 bits per heavy atom. The van der Waals surface area contributed by atoms with Crippen molar-refractivity contribution in [3.05, 3.63) is 60.2 Å². The quantitative estimate of drug-likeness (QED) is 0.771. The minimum absolute atomic E-state index is 0.124. The Bertz CT molecular complexity index is 954. The summed E-state index contributed by atoms with van der Waals surface area (Å²) < 4.78 is 0. The zero-order valence-corrected chi connectivity index (χ0v) is 18.6. The lowest BCUT2D eigenvalue weighted by molar-refractivity contribution is -0.139. The van der Waals surface area contributed by atoms with Crippen LogP contribution in [0.5, 0.6) is 0 Å². The first-order valence-electron chi connectivity index (χ1n) is 10.7. The zero-order valence-electron chi connectivity index (χ0n) is 18.6. The molecule has 0 saturated carbocycles. The van der Waals surface area contributed by atoms with Gasteiger partial charge >= 0.3 is 0 Å². The van der Waals surface area contributed by atoms with Gasteiger partial charge in [-0.1, -0.05) is 60.4 Å². The number of fused-ring (bicyclic) bond motifs is 1. The Kier molecular flexibility index (Phi) is 7.31. The van der Waals surface area contributed by atoms with E-state index in [9.17, 15) is 4.79 Å². The molecule has 0 aromatic heterocycles. The number of allylic oxidation sites excluding steroid dienone is 1. The van der Waals surface area contributed by atoms with Crippen molar-refractivity contribution in [1.82, 2.24) is 15.1 Å². The molecule has 30 heavy (non-hydrogen) atoms. The largest absolute Gasteiger partial charge is 0.339 e. The first kappa shape index (κ1) is 22.1. The number of amides is 1. The van der Waals surface area contributed by atoms with E-state index in [1.54, 1.807) is 0 Å².